The van der Waals surface area contributed by atoms with Crippen LogP contribution in [0.25, 0.3) is 0 Å². The van der Waals surface area contributed by atoms with Crippen LogP contribution in [0.2, 0.25) is 0 Å². The highest BCUT2D eigenvalue weighted by atomic mass is 16.3. The van der Waals surface area contributed by atoms with E-state index in [1.54, 1.807) is 0 Å². The first kappa shape index (κ1) is 13.2. The fraction of sp³-hybridized carbons (Fsp3) is 0.750. The van der Waals surface area contributed by atoms with E-state index in [4.69, 9.17) is 5.73 Å². The van der Waals surface area contributed by atoms with Gasteiger partial charge in [-0.05, 0) is 38.1 Å². The summed E-state index contributed by atoms with van der Waals surface area (Å²) >= 11 is 0. The minimum Gasteiger partial charge on any atom is -0.382 e. The van der Waals surface area contributed by atoms with Gasteiger partial charge in [0.05, 0.1) is 0 Å². The van der Waals surface area contributed by atoms with Gasteiger partial charge in [-0.2, -0.15) is 0 Å². The monoisotopic (exact) mass is 226 g/mol. The Bertz CT molecular complexity index is 276. The molecule has 0 fully saturated rings. The number of aliphatic hydroxyl groups is 1. The van der Waals surface area contributed by atoms with Crippen molar-refractivity contribution < 1.29 is 9.90 Å². The molecular formula is C12H22N2O2. The summed E-state index contributed by atoms with van der Waals surface area (Å²) in [4.78, 5) is 10.6. The zero-order valence-corrected chi connectivity index (χ0v) is 10.1. The van der Waals surface area contributed by atoms with E-state index in [2.05, 4.69) is 25.2 Å². The third kappa shape index (κ3) is 4.33. The standard InChI is InChI=1S/C12H22N2O2/c1-8-3-9(2)5-10(4-8)6-14-7-11(15)12(13)16/h3,8,10-11,14-15H,4-7H2,1-2H3,(H2,13,16). The average molecular weight is 226 g/mol. The summed E-state index contributed by atoms with van der Waals surface area (Å²) in [5, 5.41) is 12.3. The van der Waals surface area contributed by atoms with Crippen LogP contribution in [0.3, 0.4) is 0 Å². The number of hydrogen-bond acceptors (Lipinski definition) is 3. The van der Waals surface area contributed by atoms with Crippen LogP contribution in [0.1, 0.15) is 26.7 Å². The summed E-state index contributed by atoms with van der Waals surface area (Å²) in [6, 6.07) is 0. The number of carbonyl (C=O) groups is 1. The molecule has 0 aromatic carbocycles. The van der Waals surface area contributed by atoms with Crippen molar-refractivity contribution in [1.82, 2.24) is 5.32 Å². The molecule has 0 saturated heterocycles. The van der Waals surface area contributed by atoms with E-state index in [9.17, 15) is 9.90 Å². The van der Waals surface area contributed by atoms with E-state index in [0.717, 1.165) is 19.4 Å². The largest absolute Gasteiger partial charge is 0.382 e. The molecule has 0 saturated carbocycles. The number of primary amides is 1. The summed E-state index contributed by atoms with van der Waals surface area (Å²) in [6.07, 6.45) is 3.51. The Kier molecular flexibility index (Phi) is 4.96. The van der Waals surface area contributed by atoms with Crippen LogP contribution in [-0.2, 0) is 4.79 Å². The molecule has 0 aromatic heterocycles. The van der Waals surface area contributed by atoms with Crippen molar-refractivity contribution in [1.29, 1.82) is 0 Å². The minimum absolute atomic E-state index is 0.253. The Morgan fingerprint density at radius 1 is 1.75 bits per heavy atom. The topological polar surface area (TPSA) is 75.3 Å². The molecule has 4 nitrogen and oxygen atoms in total. The molecule has 4 N–H and O–H groups in total. The molecule has 92 valence electrons. The molecule has 4 heteroatoms. The second kappa shape index (κ2) is 6.01. The normalized spacial score (nSPS) is 27.3. The van der Waals surface area contributed by atoms with Crippen LogP contribution in [0.15, 0.2) is 11.6 Å². The number of hydrogen-bond donors (Lipinski definition) is 3. The molecule has 0 aliphatic heterocycles. The molecule has 0 radical (unpaired) electrons. The third-order valence-electron chi connectivity index (χ3n) is 2.98. The maximum atomic E-state index is 10.6. The molecule has 3 atom stereocenters. The van der Waals surface area contributed by atoms with E-state index in [-0.39, 0.29) is 6.54 Å². The van der Waals surface area contributed by atoms with Crippen molar-refractivity contribution in [3.05, 3.63) is 11.6 Å². The summed E-state index contributed by atoms with van der Waals surface area (Å²) in [6.45, 7) is 5.46. The lowest BCUT2D eigenvalue weighted by Crippen LogP contribution is -2.39. The summed E-state index contributed by atoms with van der Waals surface area (Å²) < 4.78 is 0. The Morgan fingerprint density at radius 2 is 2.44 bits per heavy atom. The van der Waals surface area contributed by atoms with Crippen molar-refractivity contribution in [2.45, 2.75) is 32.8 Å². The number of allylic oxidation sites excluding steroid dienone is 2. The van der Waals surface area contributed by atoms with Gasteiger partial charge in [-0.25, -0.2) is 0 Å². The first-order valence-electron chi connectivity index (χ1n) is 5.84. The van der Waals surface area contributed by atoms with Crippen molar-refractivity contribution >= 4 is 5.91 Å². The highest BCUT2D eigenvalue weighted by Gasteiger charge is 2.18. The lowest BCUT2D eigenvalue weighted by atomic mass is 9.84. The average Bonchev–Trinajstić information content (AvgIpc) is 2.15. The van der Waals surface area contributed by atoms with Gasteiger partial charge in [-0.15, -0.1) is 0 Å². The van der Waals surface area contributed by atoms with Crippen LogP contribution in [-0.4, -0.2) is 30.2 Å². The highest BCUT2D eigenvalue weighted by Crippen LogP contribution is 2.27. The first-order valence-corrected chi connectivity index (χ1v) is 5.84. The Morgan fingerprint density at radius 3 is 3.00 bits per heavy atom. The van der Waals surface area contributed by atoms with E-state index in [0.29, 0.717) is 11.8 Å². The molecule has 1 aliphatic carbocycles. The van der Waals surface area contributed by atoms with E-state index < -0.39 is 12.0 Å². The quantitative estimate of drug-likeness (QED) is 0.594. The molecule has 16 heavy (non-hydrogen) atoms. The summed E-state index contributed by atoms with van der Waals surface area (Å²) in [7, 11) is 0. The van der Waals surface area contributed by atoms with Gasteiger partial charge in [0.25, 0.3) is 0 Å². The van der Waals surface area contributed by atoms with Crippen LogP contribution in [0.4, 0.5) is 0 Å². The Hall–Kier alpha value is -0.870. The van der Waals surface area contributed by atoms with Crippen molar-refractivity contribution in [3.63, 3.8) is 0 Å². The molecule has 1 rings (SSSR count). The van der Waals surface area contributed by atoms with Gasteiger partial charge in [0, 0.05) is 6.54 Å². The predicted molar refractivity (Wildman–Crippen MR) is 63.7 cm³/mol. The van der Waals surface area contributed by atoms with Crippen molar-refractivity contribution in [2.24, 2.45) is 17.6 Å². The summed E-state index contributed by atoms with van der Waals surface area (Å²) in [5.74, 6) is 0.558. The SMILES string of the molecule is CC1=CC(C)CC(CNCC(O)C(N)=O)C1. The first-order chi connectivity index (χ1) is 7.49. The van der Waals surface area contributed by atoms with Crippen LogP contribution < -0.4 is 11.1 Å². The van der Waals surface area contributed by atoms with Gasteiger partial charge < -0.3 is 16.2 Å². The second-order valence-corrected chi connectivity index (χ2v) is 4.87. The lowest BCUT2D eigenvalue weighted by molar-refractivity contribution is -0.125. The van der Waals surface area contributed by atoms with Crippen molar-refractivity contribution in [2.75, 3.05) is 13.1 Å². The van der Waals surface area contributed by atoms with Gasteiger partial charge in [-0.1, -0.05) is 18.6 Å². The highest BCUT2D eigenvalue weighted by molar-refractivity contribution is 5.78. The third-order valence-corrected chi connectivity index (χ3v) is 2.98. The Balaban J connectivity index is 2.24. The van der Waals surface area contributed by atoms with Gasteiger partial charge in [0.1, 0.15) is 6.10 Å². The Labute approximate surface area is 96.9 Å². The number of aliphatic hydroxyl groups excluding tert-OH is 1. The van der Waals surface area contributed by atoms with Crippen molar-refractivity contribution in [3.8, 4) is 0 Å². The molecule has 0 bridgehead atoms. The molecule has 0 aromatic rings. The number of nitrogens with two attached hydrogens (primary N) is 1. The van der Waals surface area contributed by atoms with Crippen LogP contribution in [0, 0.1) is 11.8 Å². The van der Waals surface area contributed by atoms with Gasteiger partial charge in [0.2, 0.25) is 5.91 Å². The van der Waals surface area contributed by atoms with Gasteiger partial charge in [0.15, 0.2) is 0 Å². The fourth-order valence-corrected chi connectivity index (χ4v) is 2.37. The van der Waals surface area contributed by atoms with E-state index in [1.165, 1.54) is 5.57 Å². The molecule has 1 amide bonds. The number of carbonyl (C=O) groups excluding carboxylic acids is 1. The van der Waals surface area contributed by atoms with Gasteiger partial charge >= 0.3 is 0 Å². The van der Waals surface area contributed by atoms with Gasteiger partial charge in [-0.3, -0.25) is 4.79 Å². The maximum absolute atomic E-state index is 10.6. The maximum Gasteiger partial charge on any atom is 0.247 e. The molecule has 0 spiro atoms. The molecule has 0 heterocycles. The lowest BCUT2D eigenvalue weighted by Gasteiger charge is -2.25. The zero-order chi connectivity index (χ0) is 12.1. The van der Waals surface area contributed by atoms with E-state index in [1.807, 2.05) is 0 Å². The molecule has 3 unspecified atom stereocenters. The fourth-order valence-electron chi connectivity index (χ4n) is 2.37. The molecule has 1 aliphatic rings. The summed E-state index contributed by atoms with van der Waals surface area (Å²) in [5.41, 5.74) is 6.39. The van der Waals surface area contributed by atoms with Crippen LogP contribution >= 0.6 is 0 Å². The van der Waals surface area contributed by atoms with Crippen LogP contribution in [0.5, 0.6) is 0 Å². The number of nitrogens with one attached hydrogen (secondary N) is 1. The second-order valence-electron chi connectivity index (χ2n) is 4.87. The molecular weight excluding hydrogens is 204 g/mol. The van der Waals surface area contributed by atoms with E-state index >= 15 is 0 Å². The smallest absolute Gasteiger partial charge is 0.247 e. The minimum atomic E-state index is -1.07. The predicted octanol–water partition coefficient (Wildman–Crippen LogP) is 0.415. The number of amides is 1. The zero-order valence-electron chi connectivity index (χ0n) is 10.1. The number of rotatable bonds is 5.